The molecule has 3 aromatic heterocycles. The fourth-order valence-electron chi connectivity index (χ4n) is 3.43. The van der Waals surface area contributed by atoms with Gasteiger partial charge in [0.1, 0.15) is 5.82 Å². The van der Waals surface area contributed by atoms with Gasteiger partial charge in [0.25, 0.3) is 0 Å². The lowest BCUT2D eigenvalue weighted by Crippen LogP contribution is -2.12. The first kappa shape index (κ1) is 19.3. The lowest BCUT2D eigenvalue weighted by molar-refractivity contribution is -0.116. The lowest BCUT2D eigenvalue weighted by Gasteiger charge is -2.06. The van der Waals surface area contributed by atoms with Crippen LogP contribution in [0.1, 0.15) is 24.0 Å². The van der Waals surface area contributed by atoms with Crippen molar-refractivity contribution in [2.45, 2.75) is 26.2 Å². The molecule has 29 heavy (non-hydrogen) atoms. The van der Waals surface area contributed by atoms with Crippen molar-refractivity contribution in [1.29, 1.82) is 0 Å². The van der Waals surface area contributed by atoms with Gasteiger partial charge in [0.2, 0.25) is 5.91 Å². The number of carbonyl (C=O) groups excluding carboxylic acids is 1. The fourth-order valence-corrected chi connectivity index (χ4v) is 3.67. The van der Waals surface area contributed by atoms with Crippen LogP contribution < -0.4 is 5.32 Å². The van der Waals surface area contributed by atoms with E-state index in [4.69, 9.17) is 0 Å². The molecule has 0 saturated heterocycles. The summed E-state index contributed by atoms with van der Waals surface area (Å²) in [5, 5.41) is 4.05. The van der Waals surface area contributed by atoms with E-state index in [0.29, 0.717) is 12.2 Å². The van der Waals surface area contributed by atoms with E-state index in [9.17, 15) is 4.79 Å². The zero-order chi connectivity index (χ0) is 20.2. The van der Waals surface area contributed by atoms with Crippen LogP contribution >= 0.6 is 15.9 Å². The Bertz CT molecular complexity index is 1140. The van der Waals surface area contributed by atoms with E-state index in [0.717, 1.165) is 34.2 Å². The van der Waals surface area contributed by atoms with Crippen molar-refractivity contribution in [3.05, 3.63) is 76.5 Å². The van der Waals surface area contributed by atoms with Gasteiger partial charge in [-0.25, -0.2) is 4.98 Å². The third-order valence-electron chi connectivity index (χ3n) is 4.81. The number of anilines is 1. The van der Waals surface area contributed by atoms with Crippen LogP contribution in [0, 0.1) is 6.92 Å². The number of nitrogens with zero attached hydrogens (tertiary/aromatic N) is 2. The number of nitrogens with one attached hydrogen (secondary N) is 2. The Labute approximate surface area is 177 Å². The van der Waals surface area contributed by atoms with Crippen molar-refractivity contribution < 1.29 is 4.79 Å². The molecule has 0 bridgehead atoms. The molecular formula is C23H21BrN4O. The summed E-state index contributed by atoms with van der Waals surface area (Å²) in [6.07, 6.45) is 5.43. The first-order chi connectivity index (χ1) is 14.1. The highest BCUT2D eigenvalue weighted by Gasteiger charge is 2.15. The van der Waals surface area contributed by atoms with E-state index in [2.05, 4.69) is 61.3 Å². The molecule has 0 atom stereocenters. The van der Waals surface area contributed by atoms with Gasteiger partial charge in [-0.2, -0.15) is 0 Å². The molecule has 5 nitrogen and oxygen atoms in total. The number of fused-ring (bicyclic) bond motifs is 1. The molecule has 0 spiro atoms. The molecule has 0 unspecified atom stereocenters. The van der Waals surface area contributed by atoms with Crippen molar-refractivity contribution in [2.24, 2.45) is 0 Å². The molecule has 1 amide bonds. The number of pyridine rings is 2. The van der Waals surface area contributed by atoms with Crippen molar-refractivity contribution >= 4 is 38.6 Å². The maximum absolute atomic E-state index is 12.3. The molecule has 0 radical (unpaired) electrons. The molecule has 2 N–H and O–H groups in total. The SMILES string of the molecule is Cc1ccc2[nH]c(-c3ccccn3)c(CCCC(=O)Nc3ccc(Br)cn3)c2c1. The number of aromatic nitrogens is 3. The van der Waals surface area contributed by atoms with Crippen LogP contribution in [0.3, 0.4) is 0 Å². The zero-order valence-electron chi connectivity index (χ0n) is 16.1. The summed E-state index contributed by atoms with van der Waals surface area (Å²) in [6, 6.07) is 15.9. The van der Waals surface area contributed by atoms with Gasteiger partial charge in [-0.1, -0.05) is 17.7 Å². The van der Waals surface area contributed by atoms with Gasteiger partial charge in [0.15, 0.2) is 0 Å². The average molecular weight is 449 g/mol. The summed E-state index contributed by atoms with van der Waals surface area (Å²) in [5.74, 6) is 0.533. The monoisotopic (exact) mass is 448 g/mol. The molecule has 4 rings (SSSR count). The number of aryl methyl sites for hydroxylation is 2. The summed E-state index contributed by atoms with van der Waals surface area (Å²) in [7, 11) is 0. The molecule has 0 aliphatic heterocycles. The van der Waals surface area contributed by atoms with Crippen molar-refractivity contribution in [3.63, 3.8) is 0 Å². The van der Waals surface area contributed by atoms with Crippen molar-refractivity contribution in [2.75, 3.05) is 5.32 Å². The highest BCUT2D eigenvalue weighted by Crippen LogP contribution is 2.31. The number of amides is 1. The molecule has 6 heteroatoms. The van der Waals surface area contributed by atoms with Crippen molar-refractivity contribution in [3.8, 4) is 11.4 Å². The van der Waals surface area contributed by atoms with E-state index in [1.54, 1.807) is 18.5 Å². The van der Waals surface area contributed by atoms with Crippen molar-refractivity contribution in [1.82, 2.24) is 15.0 Å². The van der Waals surface area contributed by atoms with Crippen LogP contribution in [0.4, 0.5) is 5.82 Å². The number of benzene rings is 1. The van der Waals surface area contributed by atoms with Gasteiger partial charge in [-0.3, -0.25) is 9.78 Å². The van der Waals surface area contributed by atoms with Gasteiger partial charge >= 0.3 is 0 Å². The van der Waals surface area contributed by atoms with E-state index in [1.807, 2.05) is 24.3 Å². The molecular weight excluding hydrogens is 428 g/mol. The second-order valence-electron chi connectivity index (χ2n) is 7.01. The number of aromatic amines is 1. The third-order valence-corrected chi connectivity index (χ3v) is 5.28. The quantitative estimate of drug-likeness (QED) is 0.399. The first-order valence-electron chi connectivity index (χ1n) is 9.54. The van der Waals surface area contributed by atoms with Crippen LogP contribution in [-0.2, 0) is 11.2 Å². The molecule has 0 fully saturated rings. The summed E-state index contributed by atoms with van der Waals surface area (Å²) < 4.78 is 0.882. The van der Waals surface area contributed by atoms with Crippen LogP contribution in [0.2, 0.25) is 0 Å². The van der Waals surface area contributed by atoms with E-state index < -0.39 is 0 Å². The van der Waals surface area contributed by atoms with Crippen LogP contribution in [0.15, 0.2) is 65.4 Å². The highest BCUT2D eigenvalue weighted by molar-refractivity contribution is 9.10. The molecule has 1 aromatic carbocycles. The maximum atomic E-state index is 12.3. The number of hydrogen-bond donors (Lipinski definition) is 2. The van der Waals surface area contributed by atoms with E-state index >= 15 is 0 Å². The average Bonchev–Trinajstić information content (AvgIpc) is 3.08. The largest absolute Gasteiger partial charge is 0.353 e. The number of H-pyrrole nitrogens is 1. The smallest absolute Gasteiger partial charge is 0.225 e. The highest BCUT2D eigenvalue weighted by atomic mass is 79.9. The van der Waals surface area contributed by atoms with E-state index in [-0.39, 0.29) is 5.91 Å². The predicted molar refractivity (Wildman–Crippen MR) is 120 cm³/mol. The van der Waals surface area contributed by atoms with Gasteiger partial charge < -0.3 is 10.3 Å². The van der Waals surface area contributed by atoms with E-state index in [1.165, 1.54) is 16.5 Å². The van der Waals surface area contributed by atoms with Gasteiger partial charge in [-0.15, -0.1) is 0 Å². The molecule has 0 aliphatic rings. The Morgan fingerprint density at radius 1 is 1.14 bits per heavy atom. The Balaban J connectivity index is 1.51. The number of carbonyl (C=O) groups is 1. The lowest BCUT2D eigenvalue weighted by atomic mass is 10.0. The second kappa shape index (κ2) is 8.57. The fraction of sp³-hybridized carbons (Fsp3) is 0.174. The molecule has 3 heterocycles. The van der Waals surface area contributed by atoms with Gasteiger partial charge in [0, 0.05) is 34.2 Å². The maximum Gasteiger partial charge on any atom is 0.225 e. The number of halogens is 1. The zero-order valence-corrected chi connectivity index (χ0v) is 17.7. The Morgan fingerprint density at radius 2 is 2.03 bits per heavy atom. The summed E-state index contributed by atoms with van der Waals surface area (Å²) >= 11 is 3.34. The molecule has 146 valence electrons. The Kier molecular flexibility index (Phi) is 5.71. The topological polar surface area (TPSA) is 70.7 Å². The van der Waals surface area contributed by atoms with Crippen LogP contribution in [0.5, 0.6) is 0 Å². The third kappa shape index (κ3) is 4.54. The molecule has 0 aliphatic carbocycles. The van der Waals surface area contributed by atoms with Gasteiger partial charge in [-0.05, 0) is 77.7 Å². The minimum Gasteiger partial charge on any atom is -0.353 e. The summed E-state index contributed by atoms with van der Waals surface area (Å²) in [4.78, 5) is 24.5. The second-order valence-corrected chi connectivity index (χ2v) is 7.92. The normalized spacial score (nSPS) is 11.0. The Morgan fingerprint density at radius 3 is 2.79 bits per heavy atom. The minimum atomic E-state index is -0.0322. The Hall–Kier alpha value is -2.99. The number of hydrogen-bond acceptors (Lipinski definition) is 3. The summed E-state index contributed by atoms with van der Waals surface area (Å²) in [6.45, 7) is 2.09. The van der Waals surface area contributed by atoms with Crippen LogP contribution in [0.25, 0.3) is 22.3 Å². The first-order valence-corrected chi connectivity index (χ1v) is 10.3. The summed E-state index contributed by atoms with van der Waals surface area (Å²) in [5.41, 5.74) is 5.46. The minimum absolute atomic E-state index is 0.0322. The standard InChI is InChI=1S/C23H21BrN4O/c1-15-8-10-19-18(13-15)17(23(27-19)20-6-2-3-12-25-20)5-4-7-22(29)28-21-11-9-16(24)14-26-21/h2-3,6,8-14,27H,4-5,7H2,1H3,(H,26,28,29). The van der Waals surface area contributed by atoms with Gasteiger partial charge in [0.05, 0.1) is 11.4 Å². The molecule has 0 saturated carbocycles. The number of rotatable bonds is 6. The predicted octanol–water partition coefficient (Wildman–Crippen LogP) is 5.66. The van der Waals surface area contributed by atoms with Crippen LogP contribution in [-0.4, -0.2) is 20.9 Å². The molecule has 4 aromatic rings.